The van der Waals surface area contributed by atoms with E-state index in [1.54, 1.807) is 31.2 Å². The molecule has 0 saturated carbocycles. The number of likely N-dealkylation sites (N-methyl/N-ethyl adjacent to an activating group) is 1. The van der Waals surface area contributed by atoms with Gasteiger partial charge in [-0.1, -0.05) is 19.1 Å². The molecular weight excluding hydrogens is 581 g/mol. The van der Waals surface area contributed by atoms with Crippen molar-refractivity contribution in [3.63, 3.8) is 0 Å². The lowest BCUT2D eigenvalue weighted by atomic mass is 10.0. The van der Waals surface area contributed by atoms with E-state index in [1.807, 2.05) is 0 Å². The van der Waals surface area contributed by atoms with E-state index in [1.165, 1.54) is 51.3 Å². The molecule has 0 radical (unpaired) electrons. The number of halogens is 3. The molecule has 1 aliphatic rings. The topological polar surface area (TPSA) is 127 Å². The Morgan fingerprint density at radius 1 is 1.10 bits per heavy atom. The number of rotatable bonds is 6. The van der Waals surface area contributed by atoms with Gasteiger partial charge in [-0.15, -0.1) is 0 Å². The summed E-state index contributed by atoms with van der Waals surface area (Å²) in [5.41, 5.74) is 0.752. The largest absolute Gasteiger partial charge is 0.495 e. The number of fused-ring (bicyclic) bond motifs is 1. The van der Waals surface area contributed by atoms with E-state index in [0.717, 1.165) is 4.31 Å². The number of ether oxygens (including phenoxy) is 3. The molecule has 0 saturated heterocycles. The highest BCUT2D eigenvalue weighted by Crippen LogP contribution is 2.29. The molecule has 42 heavy (non-hydrogen) atoms. The molecule has 3 atom stereocenters. The molecule has 0 aromatic heterocycles. The van der Waals surface area contributed by atoms with Crippen molar-refractivity contribution in [1.82, 2.24) is 9.21 Å². The predicted molar refractivity (Wildman–Crippen MR) is 151 cm³/mol. The minimum Gasteiger partial charge on any atom is -0.495 e. The van der Waals surface area contributed by atoms with E-state index in [4.69, 9.17) is 14.2 Å². The van der Waals surface area contributed by atoms with Crippen LogP contribution in [-0.4, -0.2) is 94.6 Å². The first-order chi connectivity index (χ1) is 19.6. The number of para-hydroxylation sites is 2. The van der Waals surface area contributed by atoms with Crippen molar-refractivity contribution in [2.75, 3.05) is 57.4 Å². The van der Waals surface area contributed by atoms with Crippen LogP contribution in [0.15, 0.2) is 42.5 Å². The first kappa shape index (κ1) is 32.9. The molecule has 0 bridgehead atoms. The monoisotopic (exact) mass is 616 g/mol. The Labute approximate surface area is 242 Å². The quantitative estimate of drug-likeness (QED) is 0.502. The fourth-order valence-electron chi connectivity index (χ4n) is 4.53. The molecule has 0 unspecified atom stereocenters. The molecule has 0 fully saturated rings. The molecule has 3 amide bonds. The lowest BCUT2D eigenvalue weighted by Crippen LogP contribution is -2.50. The molecule has 3 rings (SSSR count). The average Bonchev–Trinajstić information content (AvgIpc) is 2.91. The number of alkyl halides is 3. The summed E-state index contributed by atoms with van der Waals surface area (Å²) in [7, 11) is -0.428. The second-order valence-corrected chi connectivity index (χ2v) is 12.0. The number of urea groups is 1. The average molecular weight is 617 g/mol. The van der Waals surface area contributed by atoms with Gasteiger partial charge < -0.3 is 29.7 Å². The summed E-state index contributed by atoms with van der Waals surface area (Å²) in [5, 5.41) is 5.29. The molecular formula is C27H35F3N4O7S. The summed E-state index contributed by atoms with van der Waals surface area (Å²) in [4.78, 5) is 27.4. The highest BCUT2D eigenvalue weighted by Gasteiger charge is 2.41. The van der Waals surface area contributed by atoms with E-state index in [0.29, 0.717) is 11.4 Å². The van der Waals surface area contributed by atoms with Gasteiger partial charge >= 0.3 is 12.2 Å². The summed E-state index contributed by atoms with van der Waals surface area (Å²) in [6.07, 6.45) is -5.63. The van der Waals surface area contributed by atoms with Gasteiger partial charge in [0.1, 0.15) is 18.1 Å². The Morgan fingerprint density at radius 2 is 1.79 bits per heavy atom. The molecule has 1 aliphatic heterocycles. The number of carbonyl (C=O) groups is 2. The summed E-state index contributed by atoms with van der Waals surface area (Å²) in [5.74, 6) is -2.59. The van der Waals surface area contributed by atoms with Gasteiger partial charge in [0.05, 0.1) is 30.5 Å². The minimum atomic E-state index is -4.95. The highest BCUT2D eigenvalue weighted by atomic mass is 32.2. The maximum absolute atomic E-state index is 13.4. The number of methoxy groups -OCH3 is 2. The van der Waals surface area contributed by atoms with Crippen LogP contribution < -0.4 is 20.1 Å². The van der Waals surface area contributed by atoms with Crippen LogP contribution in [-0.2, 0) is 14.8 Å². The fraction of sp³-hybridized carbons (Fsp3) is 0.481. The van der Waals surface area contributed by atoms with Crippen LogP contribution in [0.1, 0.15) is 24.2 Å². The fourth-order valence-corrected chi connectivity index (χ4v) is 6.18. The molecule has 2 N–H and O–H groups in total. The maximum atomic E-state index is 13.4. The number of nitrogens with zero attached hydrogens (tertiary/aromatic N) is 2. The van der Waals surface area contributed by atoms with E-state index < -0.39 is 52.0 Å². The van der Waals surface area contributed by atoms with Crippen LogP contribution >= 0.6 is 0 Å². The van der Waals surface area contributed by atoms with Crippen molar-refractivity contribution in [2.24, 2.45) is 5.92 Å². The summed E-state index contributed by atoms with van der Waals surface area (Å²) in [6.45, 7) is 2.43. The number of carbonyl (C=O) groups excluding carboxylic acids is 2. The van der Waals surface area contributed by atoms with E-state index >= 15 is 0 Å². The number of nitrogens with one attached hydrogen (secondary N) is 2. The van der Waals surface area contributed by atoms with Crippen molar-refractivity contribution in [3.8, 4) is 11.5 Å². The zero-order valence-corrected chi connectivity index (χ0v) is 24.7. The first-order valence-corrected chi connectivity index (χ1v) is 14.6. The third-order valence-electron chi connectivity index (χ3n) is 6.71. The van der Waals surface area contributed by atoms with Gasteiger partial charge in [-0.2, -0.15) is 17.5 Å². The van der Waals surface area contributed by atoms with E-state index in [9.17, 15) is 31.2 Å². The van der Waals surface area contributed by atoms with Crippen LogP contribution in [0.2, 0.25) is 0 Å². The number of hydrogen-bond acceptors (Lipinski definition) is 7. The van der Waals surface area contributed by atoms with Crippen LogP contribution in [0.5, 0.6) is 11.5 Å². The Balaban J connectivity index is 1.94. The number of sulfonamides is 1. The van der Waals surface area contributed by atoms with Crippen molar-refractivity contribution in [3.05, 3.63) is 48.0 Å². The number of benzene rings is 2. The van der Waals surface area contributed by atoms with Gasteiger partial charge in [0.25, 0.3) is 5.91 Å². The van der Waals surface area contributed by atoms with Crippen molar-refractivity contribution in [2.45, 2.75) is 32.2 Å². The van der Waals surface area contributed by atoms with Crippen molar-refractivity contribution in [1.29, 1.82) is 0 Å². The molecule has 2 aromatic carbocycles. The molecule has 232 valence electrons. The third-order valence-corrected chi connectivity index (χ3v) is 8.62. The minimum absolute atomic E-state index is 0.00421. The SMILES string of the molecule is COc1ccccc1NC(=O)Nc1ccc2c(c1)OC[C@@H](C)N(S(=O)(=O)CC(F)(F)F)C[C@@H](C)[C@H](OC)CN(C)C2=O. The van der Waals surface area contributed by atoms with E-state index in [2.05, 4.69) is 10.6 Å². The van der Waals surface area contributed by atoms with Gasteiger partial charge in [0.2, 0.25) is 10.0 Å². The molecule has 0 spiro atoms. The standard InChI is InChI=1S/C27H35F3N4O7S/c1-17-13-34(42(37,38)16-27(28,29)30)18(2)15-41-23-12-19(10-11-20(23)25(35)33(3)14-24(17)40-5)31-26(36)32-21-8-6-7-9-22(21)39-4/h6-12,17-18,24H,13-16H2,1-5H3,(H2,31,32,36)/t17-,18-,24-/m1/s1. The van der Waals surface area contributed by atoms with Gasteiger partial charge in [-0.3, -0.25) is 4.79 Å². The van der Waals surface area contributed by atoms with Gasteiger partial charge in [-0.25, -0.2) is 13.2 Å². The zero-order valence-electron chi connectivity index (χ0n) is 23.9. The second kappa shape index (κ2) is 13.6. The predicted octanol–water partition coefficient (Wildman–Crippen LogP) is 4.04. The number of anilines is 2. The van der Waals surface area contributed by atoms with Gasteiger partial charge in [-0.05, 0) is 37.1 Å². The maximum Gasteiger partial charge on any atom is 0.404 e. The van der Waals surface area contributed by atoms with Crippen LogP contribution in [0.4, 0.5) is 29.3 Å². The molecule has 15 heteroatoms. The van der Waals surface area contributed by atoms with E-state index in [-0.39, 0.29) is 36.7 Å². The normalized spacial score (nSPS) is 20.9. The Morgan fingerprint density at radius 3 is 2.43 bits per heavy atom. The van der Waals surface area contributed by atoms with Crippen LogP contribution in [0.25, 0.3) is 0 Å². The smallest absolute Gasteiger partial charge is 0.404 e. The third kappa shape index (κ3) is 8.49. The van der Waals surface area contributed by atoms with Crippen molar-refractivity contribution >= 4 is 33.3 Å². The lowest BCUT2D eigenvalue weighted by molar-refractivity contribution is -0.107. The highest BCUT2D eigenvalue weighted by molar-refractivity contribution is 7.89. The number of amides is 3. The zero-order chi connectivity index (χ0) is 31.2. The number of hydrogen-bond donors (Lipinski definition) is 2. The summed E-state index contributed by atoms with van der Waals surface area (Å²) >= 11 is 0. The van der Waals surface area contributed by atoms with Gasteiger partial charge in [0, 0.05) is 39.0 Å². The summed E-state index contributed by atoms with van der Waals surface area (Å²) in [6, 6.07) is 9.41. The Kier molecular flexibility index (Phi) is 10.7. The van der Waals surface area contributed by atoms with Gasteiger partial charge in [0.15, 0.2) is 5.75 Å². The van der Waals surface area contributed by atoms with Crippen LogP contribution in [0, 0.1) is 5.92 Å². The second-order valence-electron chi connectivity index (χ2n) is 10.0. The first-order valence-electron chi connectivity index (χ1n) is 13.0. The molecule has 11 nitrogen and oxygen atoms in total. The lowest BCUT2D eigenvalue weighted by Gasteiger charge is -2.35. The Bertz CT molecular complexity index is 1370. The molecule has 0 aliphatic carbocycles. The molecule has 1 heterocycles. The Hall–Kier alpha value is -3.56. The van der Waals surface area contributed by atoms with Crippen molar-refractivity contribution < 1.29 is 45.4 Å². The molecule has 2 aromatic rings. The summed E-state index contributed by atoms with van der Waals surface area (Å²) < 4.78 is 82.7. The van der Waals surface area contributed by atoms with Crippen LogP contribution in [0.3, 0.4) is 0 Å².